The predicted molar refractivity (Wildman–Crippen MR) is 120 cm³/mol. The highest BCUT2D eigenvalue weighted by atomic mass is 127. The highest BCUT2D eigenvalue weighted by Crippen LogP contribution is 2.29. The molecule has 0 aliphatic heterocycles. The van der Waals surface area contributed by atoms with E-state index >= 15 is 0 Å². The van der Waals surface area contributed by atoms with E-state index in [-0.39, 0.29) is 30.0 Å². The standard InChI is InChI=1S/C18H24F3N5S.HI/c1-13(26(3)14-7-5-4-6-8-14)11-24-17(22-2)23-10-9-16-25-15(12-27-16)18(19,20)21;/h4-8,12-13H,9-11H2,1-3H3,(H2,22,23,24);1H. The molecule has 1 heterocycles. The molecule has 1 atom stereocenters. The van der Waals surface area contributed by atoms with Gasteiger partial charge in [0, 0.05) is 50.7 Å². The van der Waals surface area contributed by atoms with Crippen molar-refractivity contribution in [1.82, 2.24) is 15.6 Å². The van der Waals surface area contributed by atoms with Gasteiger partial charge in [-0.15, -0.1) is 35.3 Å². The largest absolute Gasteiger partial charge is 0.434 e. The molecule has 0 fully saturated rings. The number of hydrogen-bond acceptors (Lipinski definition) is 4. The van der Waals surface area contributed by atoms with Crippen LogP contribution in [0.4, 0.5) is 18.9 Å². The first-order chi connectivity index (χ1) is 12.8. The molecular weight excluding hydrogens is 502 g/mol. The van der Waals surface area contributed by atoms with Gasteiger partial charge in [-0.3, -0.25) is 4.99 Å². The number of thiazole rings is 1. The van der Waals surface area contributed by atoms with E-state index in [2.05, 4.69) is 32.4 Å². The molecule has 0 aliphatic carbocycles. The van der Waals surface area contributed by atoms with Crippen LogP contribution in [0, 0.1) is 0 Å². The molecule has 10 heteroatoms. The molecule has 2 N–H and O–H groups in total. The highest BCUT2D eigenvalue weighted by Gasteiger charge is 2.33. The maximum Gasteiger partial charge on any atom is 0.434 e. The normalized spacial score (nSPS) is 12.9. The summed E-state index contributed by atoms with van der Waals surface area (Å²) in [6, 6.07) is 10.3. The van der Waals surface area contributed by atoms with Crippen molar-refractivity contribution in [3.63, 3.8) is 0 Å². The van der Waals surface area contributed by atoms with Gasteiger partial charge in [0.15, 0.2) is 11.7 Å². The lowest BCUT2D eigenvalue weighted by molar-refractivity contribution is -0.140. The lowest BCUT2D eigenvalue weighted by Crippen LogP contribution is -2.45. The van der Waals surface area contributed by atoms with Gasteiger partial charge in [0.2, 0.25) is 0 Å². The SMILES string of the molecule is CN=C(NCCc1nc(C(F)(F)F)cs1)NCC(C)N(C)c1ccccc1.I. The molecular formula is C18H25F3IN5S. The van der Waals surface area contributed by atoms with Gasteiger partial charge in [-0.1, -0.05) is 18.2 Å². The van der Waals surface area contributed by atoms with Crippen molar-refractivity contribution in [3.05, 3.63) is 46.4 Å². The van der Waals surface area contributed by atoms with Crippen LogP contribution < -0.4 is 15.5 Å². The summed E-state index contributed by atoms with van der Waals surface area (Å²) in [4.78, 5) is 9.93. The van der Waals surface area contributed by atoms with Crippen LogP contribution in [-0.2, 0) is 12.6 Å². The fourth-order valence-corrected chi connectivity index (χ4v) is 3.17. The molecule has 0 amide bonds. The molecule has 0 bridgehead atoms. The number of anilines is 1. The molecule has 156 valence electrons. The highest BCUT2D eigenvalue weighted by molar-refractivity contribution is 14.0. The van der Waals surface area contributed by atoms with Crippen molar-refractivity contribution in [2.24, 2.45) is 4.99 Å². The summed E-state index contributed by atoms with van der Waals surface area (Å²) in [6.45, 7) is 3.22. The number of aromatic nitrogens is 1. The summed E-state index contributed by atoms with van der Waals surface area (Å²) in [5, 5.41) is 7.83. The summed E-state index contributed by atoms with van der Waals surface area (Å²) in [7, 11) is 3.69. The van der Waals surface area contributed by atoms with Crippen LogP contribution in [0.5, 0.6) is 0 Å². The Hall–Kier alpha value is -1.56. The third-order valence-electron chi connectivity index (χ3n) is 4.09. The van der Waals surface area contributed by atoms with E-state index in [0.717, 1.165) is 22.4 Å². The van der Waals surface area contributed by atoms with E-state index in [4.69, 9.17) is 0 Å². The van der Waals surface area contributed by atoms with Crippen molar-refractivity contribution in [2.75, 3.05) is 32.1 Å². The number of aliphatic imine (C=N–C) groups is 1. The van der Waals surface area contributed by atoms with Gasteiger partial charge in [-0.05, 0) is 19.1 Å². The Morgan fingerprint density at radius 3 is 2.50 bits per heavy atom. The lowest BCUT2D eigenvalue weighted by atomic mass is 10.2. The Morgan fingerprint density at radius 1 is 1.25 bits per heavy atom. The van der Waals surface area contributed by atoms with Crippen LogP contribution in [0.25, 0.3) is 0 Å². The second-order valence-corrected chi connectivity index (χ2v) is 6.99. The van der Waals surface area contributed by atoms with Crippen LogP contribution in [0.1, 0.15) is 17.6 Å². The molecule has 0 radical (unpaired) electrons. The zero-order valence-corrected chi connectivity index (χ0v) is 19.1. The molecule has 0 spiro atoms. The molecule has 28 heavy (non-hydrogen) atoms. The van der Waals surface area contributed by atoms with E-state index in [1.54, 1.807) is 7.05 Å². The van der Waals surface area contributed by atoms with E-state index in [1.165, 1.54) is 0 Å². The molecule has 0 saturated carbocycles. The van der Waals surface area contributed by atoms with Gasteiger partial charge >= 0.3 is 6.18 Å². The number of rotatable bonds is 7. The van der Waals surface area contributed by atoms with E-state index in [9.17, 15) is 13.2 Å². The number of guanidine groups is 1. The fourth-order valence-electron chi connectivity index (χ4n) is 2.36. The third kappa shape index (κ3) is 7.46. The number of benzene rings is 1. The van der Waals surface area contributed by atoms with Crippen molar-refractivity contribution >= 4 is 47.0 Å². The Labute approximate surface area is 184 Å². The first kappa shape index (κ1) is 24.5. The monoisotopic (exact) mass is 527 g/mol. The zero-order valence-electron chi connectivity index (χ0n) is 16.0. The lowest BCUT2D eigenvalue weighted by Gasteiger charge is -2.27. The van der Waals surface area contributed by atoms with Crippen LogP contribution in [0.15, 0.2) is 40.7 Å². The summed E-state index contributed by atoms with van der Waals surface area (Å²) in [5.74, 6) is 0.607. The molecule has 1 aromatic carbocycles. The zero-order chi connectivity index (χ0) is 19.9. The Balaban J connectivity index is 0.00000392. The average Bonchev–Trinajstić information content (AvgIpc) is 3.13. The predicted octanol–water partition coefficient (Wildman–Crippen LogP) is 4.01. The maximum atomic E-state index is 12.6. The minimum atomic E-state index is -4.39. The van der Waals surface area contributed by atoms with Crippen molar-refractivity contribution in [1.29, 1.82) is 0 Å². The number of halogens is 4. The number of likely N-dealkylation sites (N-methyl/N-ethyl adjacent to an activating group) is 1. The van der Waals surface area contributed by atoms with Gasteiger partial charge in [-0.2, -0.15) is 13.2 Å². The molecule has 5 nitrogen and oxygen atoms in total. The minimum absolute atomic E-state index is 0. The van der Waals surface area contributed by atoms with Gasteiger partial charge in [0.25, 0.3) is 0 Å². The van der Waals surface area contributed by atoms with E-state index < -0.39 is 11.9 Å². The second-order valence-electron chi connectivity index (χ2n) is 6.05. The number of para-hydroxylation sites is 1. The molecule has 0 saturated heterocycles. The van der Waals surface area contributed by atoms with E-state index in [1.807, 2.05) is 37.4 Å². The summed E-state index contributed by atoms with van der Waals surface area (Å²) in [5.41, 5.74) is 0.293. The number of hydrogen-bond donors (Lipinski definition) is 2. The molecule has 2 rings (SSSR count). The van der Waals surface area contributed by atoms with Gasteiger partial charge in [0.1, 0.15) is 0 Å². The molecule has 1 unspecified atom stereocenters. The fraction of sp³-hybridized carbons (Fsp3) is 0.444. The van der Waals surface area contributed by atoms with Crippen LogP contribution in [-0.4, -0.2) is 44.2 Å². The molecule has 0 aliphatic rings. The quantitative estimate of drug-likeness (QED) is 0.325. The van der Waals surface area contributed by atoms with Crippen LogP contribution in [0.3, 0.4) is 0 Å². The molecule has 2 aromatic rings. The van der Waals surface area contributed by atoms with Gasteiger partial charge in [-0.25, -0.2) is 4.98 Å². The average molecular weight is 527 g/mol. The summed E-state index contributed by atoms with van der Waals surface area (Å²) < 4.78 is 37.7. The topological polar surface area (TPSA) is 52.6 Å². The number of nitrogens with one attached hydrogen (secondary N) is 2. The smallest absolute Gasteiger partial charge is 0.370 e. The van der Waals surface area contributed by atoms with Crippen molar-refractivity contribution < 1.29 is 13.2 Å². The van der Waals surface area contributed by atoms with Gasteiger partial charge < -0.3 is 15.5 Å². The Morgan fingerprint density at radius 2 is 1.93 bits per heavy atom. The van der Waals surface area contributed by atoms with Crippen molar-refractivity contribution in [2.45, 2.75) is 25.6 Å². The van der Waals surface area contributed by atoms with Crippen LogP contribution in [0.2, 0.25) is 0 Å². The third-order valence-corrected chi connectivity index (χ3v) is 5.00. The molecule has 1 aromatic heterocycles. The summed E-state index contributed by atoms with van der Waals surface area (Å²) in [6.07, 6.45) is -3.98. The Bertz CT molecular complexity index is 736. The van der Waals surface area contributed by atoms with Crippen molar-refractivity contribution in [3.8, 4) is 0 Å². The first-order valence-electron chi connectivity index (χ1n) is 8.55. The number of nitrogens with zero attached hydrogens (tertiary/aromatic N) is 3. The van der Waals surface area contributed by atoms with Gasteiger partial charge in [0.05, 0.1) is 5.01 Å². The summed E-state index contributed by atoms with van der Waals surface area (Å²) >= 11 is 1.02. The van der Waals surface area contributed by atoms with E-state index in [0.29, 0.717) is 30.5 Å². The maximum absolute atomic E-state index is 12.6. The first-order valence-corrected chi connectivity index (χ1v) is 9.43. The van der Waals surface area contributed by atoms with Crippen LogP contribution >= 0.6 is 35.3 Å². The second kappa shape index (κ2) is 11.4. The minimum Gasteiger partial charge on any atom is -0.370 e. The number of alkyl halides is 3. The Kier molecular flexibility index (Phi) is 10.0.